The second-order valence-corrected chi connectivity index (χ2v) is 7.31. The molecule has 1 atom stereocenters. The van der Waals surface area contributed by atoms with Gasteiger partial charge in [0, 0.05) is 18.1 Å². The third kappa shape index (κ3) is 4.94. The van der Waals surface area contributed by atoms with Crippen LogP contribution in [-0.2, 0) is 14.4 Å². The van der Waals surface area contributed by atoms with Crippen molar-refractivity contribution in [2.75, 3.05) is 13.7 Å². The number of hydrogen-bond donors (Lipinski definition) is 1. The molecule has 162 valence electrons. The second kappa shape index (κ2) is 9.93. The minimum absolute atomic E-state index is 0.0381. The van der Waals surface area contributed by atoms with Crippen molar-refractivity contribution in [2.45, 2.75) is 31.7 Å². The third-order valence-corrected chi connectivity index (χ3v) is 5.30. The van der Waals surface area contributed by atoms with Crippen LogP contribution in [0, 0.1) is 0 Å². The van der Waals surface area contributed by atoms with Gasteiger partial charge in [0.05, 0.1) is 18.7 Å². The van der Waals surface area contributed by atoms with Crippen LogP contribution in [0.2, 0.25) is 0 Å². The number of ether oxygens (including phenoxy) is 1. The number of carboxylic acids is 1. The van der Waals surface area contributed by atoms with E-state index < -0.39 is 23.7 Å². The Balaban J connectivity index is 1.96. The molecular weight excluding hydrogens is 398 g/mol. The van der Waals surface area contributed by atoms with E-state index in [0.717, 1.165) is 0 Å². The average Bonchev–Trinajstić information content (AvgIpc) is 3.03. The SMILES string of the molecule is COc1ccc([C@@H]2C(=C(O)c3ccccc3)C(=O)C(=O)N2CCCCCC(=O)[O-])cc1. The first kappa shape index (κ1) is 22.1. The fourth-order valence-corrected chi connectivity index (χ4v) is 3.72. The lowest BCUT2D eigenvalue weighted by atomic mass is 9.95. The monoisotopic (exact) mass is 422 g/mol. The van der Waals surface area contributed by atoms with Crippen LogP contribution in [0.25, 0.3) is 5.76 Å². The smallest absolute Gasteiger partial charge is 0.295 e. The van der Waals surface area contributed by atoms with Gasteiger partial charge in [-0.1, -0.05) is 48.9 Å². The molecule has 0 bridgehead atoms. The first-order valence-corrected chi connectivity index (χ1v) is 10.1. The number of likely N-dealkylation sites (tertiary alicyclic amines) is 1. The number of carbonyl (C=O) groups is 3. The van der Waals surface area contributed by atoms with Gasteiger partial charge in [-0.3, -0.25) is 9.59 Å². The summed E-state index contributed by atoms with van der Waals surface area (Å²) in [6.45, 7) is 0.264. The largest absolute Gasteiger partial charge is 0.550 e. The summed E-state index contributed by atoms with van der Waals surface area (Å²) in [5.74, 6) is -2.12. The van der Waals surface area contributed by atoms with Gasteiger partial charge < -0.3 is 24.6 Å². The van der Waals surface area contributed by atoms with Crippen LogP contribution >= 0.6 is 0 Å². The quantitative estimate of drug-likeness (QED) is 0.288. The predicted molar refractivity (Wildman–Crippen MR) is 112 cm³/mol. The maximum Gasteiger partial charge on any atom is 0.295 e. The molecule has 1 aliphatic heterocycles. The lowest BCUT2D eigenvalue weighted by Gasteiger charge is -2.25. The predicted octanol–water partition coefficient (Wildman–Crippen LogP) is 2.43. The van der Waals surface area contributed by atoms with Gasteiger partial charge in [0.15, 0.2) is 0 Å². The van der Waals surface area contributed by atoms with E-state index in [2.05, 4.69) is 0 Å². The zero-order valence-electron chi connectivity index (χ0n) is 17.2. The molecule has 2 aromatic carbocycles. The Morgan fingerprint density at radius 2 is 1.71 bits per heavy atom. The van der Waals surface area contributed by atoms with E-state index in [9.17, 15) is 24.6 Å². The highest BCUT2D eigenvalue weighted by atomic mass is 16.5. The van der Waals surface area contributed by atoms with Gasteiger partial charge in [0.2, 0.25) is 0 Å². The fraction of sp³-hybridized carbons (Fsp3) is 0.292. The molecule has 0 aliphatic carbocycles. The van der Waals surface area contributed by atoms with E-state index in [-0.39, 0.29) is 24.3 Å². The van der Waals surface area contributed by atoms with E-state index in [1.54, 1.807) is 61.7 Å². The number of Topliss-reactive ketones (excluding diaryl/α,β-unsaturated/α-hetero) is 1. The normalized spacial score (nSPS) is 17.7. The number of hydrogen-bond acceptors (Lipinski definition) is 6. The molecular formula is C24H24NO6-. The van der Waals surface area contributed by atoms with Crippen molar-refractivity contribution >= 4 is 23.4 Å². The van der Waals surface area contributed by atoms with Gasteiger partial charge in [0.1, 0.15) is 11.5 Å². The highest BCUT2D eigenvalue weighted by Gasteiger charge is 2.45. The van der Waals surface area contributed by atoms with Gasteiger partial charge >= 0.3 is 0 Å². The number of carbonyl (C=O) groups excluding carboxylic acids is 3. The molecule has 0 radical (unpaired) electrons. The highest BCUT2D eigenvalue weighted by molar-refractivity contribution is 6.46. The van der Waals surface area contributed by atoms with Gasteiger partial charge in [-0.05, 0) is 37.0 Å². The minimum Gasteiger partial charge on any atom is -0.550 e. The van der Waals surface area contributed by atoms with Gasteiger partial charge in [-0.2, -0.15) is 0 Å². The van der Waals surface area contributed by atoms with Crippen molar-refractivity contribution in [3.8, 4) is 5.75 Å². The Morgan fingerprint density at radius 3 is 2.32 bits per heavy atom. The number of ketones is 1. The van der Waals surface area contributed by atoms with E-state index >= 15 is 0 Å². The number of methoxy groups -OCH3 is 1. The summed E-state index contributed by atoms with van der Waals surface area (Å²) in [5, 5.41) is 21.5. The average molecular weight is 422 g/mol. The van der Waals surface area contributed by atoms with E-state index in [1.807, 2.05) is 0 Å². The molecule has 0 spiro atoms. The second-order valence-electron chi connectivity index (χ2n) is 7.31. The number of amides is 1. The Bertz CT molecular complexity index is 981. The van der Waals surface area contributed by atoms with Crippen LogP contribution in [0.3, 0.4) is 0 Å². The molecule has 1 heterocycles. The van der Waals surface area contributed by atoms with Crippen LogP contribution in [0.15, 0.2) is 60.2 Å². The van der Waals surface area contributed by atoms with E-state index in [1.165, 1.54) is 4.90 Å². The van der Waals surface area contributed by atoms with Crippen LogP contribution in [0.4, 0.5) is 0 Å². The van der Waals surface area contributed by atoms with Gasteiger partial charge in [-0.25, -0.2) is 0 Å². The van der Waals surface area contributed by atoms with Crippen molar-refractivity contribution in [3.63, 3.8) is 0 Å². The van der Waals surface area contributed by atoms with Crippen molar-refractivity contribution in [1.29, 1.82) is 0 Å². The molecule has 7 nitrogen and oxygen atoms in total. The molecule has 0 saturated carbocycles. The number of unbranched alkanes of at least 4 members (excludes halogenated alkanes) is 2. The van der Waals surface area contributed by atoms with Crippen LogP contribution in [0.5, 0.6) is 5.75 Å². The lowest BCUT2D eigenvalue weighted by Crippen LogP contribution is -2.30. The number of nitrogens with zero attached hydrogens (tertiary/aromatic N) is 1. The van der Waals surface area contributed by atoms with Crippen LogP contribution < -0.4 is 9.84 Å². The molecule has 31 heavy (non-hydrogen) atoms. The molecule has 0 aromatic heterocycles. The first-order valence-electron chi connectivity index (χ1n) is 10.1. The zero-order valence-corrected chi connectivity index (χ0v) is 17.2. The van der Waals surface area contributed by atoms with E-state index in [0.29, 0.717) is 36.1 Å². The Morgan fingerprint density at radius 1 is 1.03 bits per heavy atom. The Kier molecular flexibility index (Phi) is 7.07. The standard InChI is InChI=1S/C24H25NO6/c1-31-18-13-11-16(12-14-18)21-20(22(28)17-8-4-2-5-9-17)23(29)24(30)25(21)15-7-3-6-10-19(26)27/h2,4-5,8-9,11-14,21,28H,3,6-7,10,15H2,1H3,(H,26,27)/p-1/t21-/m1/s1. The molecule has 7 heteroatoms. The van der Waals surface area contributed by atoms with Gasteiger partial charge in [-0.15, -0.1) is 0 Å². The minimum atomic E-state index is -1.11. The summed E-state index contributed by atoms with van der Waals surface area (Å²) < 4.78 is 5.19. The molecule has 3 rings (SSSR count). The Labute approximate surface area is 180 Å². The molecule has 1 N–H and O–H groups in total. The Hall–Kier alpha value is -3.61. The molecule has 0 unspecified atom stereocenters. The lowest BCUT2D eigenvalue weighted by molar-refractivity contribution is -0.305. The van der Waals surface area contributed by atoms with Crippen LogP contribution in [-0.4, -0.2) is 41.3 Å². The van der Waals surface area contributed by atoms with Crippen molar-refractivity contribution in [1.82, 2.24) is 4.90 Å². The number of rotatable bonds is 9. The van der Waals surface area contributed by atoms with Crippen molar-refractivity contribution in [2.24, 2.45) is 0 Å². The number of carboxylic acid groups (broad SMARTS) is 1. The molecule has 1 amide bonds. The highest BCUT2D eigenvalue weighted by Crippen LogP contribution is 2.39. The summed E-state index contributed by atoms with van der Waals surface area (Å²) in [6.07, 6.45) is 1.49. The number of aliphatic carboxylic acids is 1. The topological polar surface area (TPSA) is 107 Å². The summed E-state index contributed by atoms with van der Waals surface area (Å²) in [6, 6.07) is 14.9. The van der Waals surface area contributed by atoms with Crippen molar-refractivity contribution in [3.05, 3.63) is 71.3 Å². The maximum atomic E-state index is 12.9. The zero-order chi connectivity index (χ0) is 22.4. The first-order chi connectivity index (χ1) is 14.9. The number of aliphatic hydroxyl groups excluding tert-OH is 1. The third-order valence-electron chi connectivity index (χ3n) is 5.30. The fourth-order valence-electron chi connectivity index (χ4n) is 3.72. The molecule has 2 aromatic rings. The van der Waals surface area contributed by atoms with Crippen LogP contribution in [0.1, 0.15) is 42.9 Å². The summed E-state index contributed by atoms with van der Waals surface area (Å²) >= 11 is 0. The van der Waals surface area contributed by atoms with Crippen molar-refractivity contribution < 1.29 is 29.3 Å². The molecule has 1 saturated heterocycles. The molecule has 1 fully saturated rings. The number of aliphatic hydroxyl groups is 1. The summed E-state index contributed by atoms with van der Waals surface area (Å²) in [5.41, 5.74) is 1.16. The summed E-state index contributed by atoms with van der Waals surface area (Å²) in [4.78, 5) is 37.8. The van der Waals surface area contributed by atoms with Gasteiger partial charge in [0.25, 0.3) is 11.7 Å². The van der Waals surface area contributed by atoms with E-state index in [4.69, 9.17) is 4.74 Å². The summed E-state index contributed by atoms with van der Waals surface area (Å²) in [7, 11) is 1.54. The maximum absolute atomic E-state index is 12.9. The molecule has 1 aliphatic rings. The number of benzene rings is 2.